The van der Waals surface area contributed by atoms with Gasteiger partial charge in [0, 0.05) is 18.1 Å². The molecule has 0 fully saturated rings. The Morgan fingerprint density at radius 3 is 2.56 bits per heavy atom. The molecule has 1 atom stereocenters. The first-order valence-corrected chi connectivity index (χ1v) is 10.2. The number of alkyl halides is 1. The fourth-order valence-corrected chi connectivity index (χ4v) is 3.10. The van der Waals surface area contributed by atoms with E-state index < -0.39 is 17.7 Å². The molecule has 0 saturated heterocycles. The maximum atomic E-state index is 12.1. The second-order valence-corrected chi connectivity index (χ2v) is 8.36. The van der Waals surface area contributed by atoms with Crippen LogP contribution >= 0.6 is 22.6 Å². The fraction of sp³-hybridized carbons (Fsp3) is 0.556. The van der Waals surface area contributed by atoms with Gasteiger partial charge in [-0.3, -0.25) is 0 Å². The molecule has 2 N–H and O–H groups in total. The van der Waals surface area contributed by atoms with E-state index in [4.69, 9.17) is 4.74 Å². The number of aromatic nitrogens is 3. The zero-order valence-corrected chi connectivity index (χ0v) is 18.3. The van der Waals surface area contributed by atoms with Gasteiger partial charge < -0.3 is 19.7 Å². The largest absolute Gasteiger partial charge is 0.477 e. The number of hydrogen-bond acceptors (Lipinski definition) is 5. The number of nitrogens with one attached hydrogen (secondary N) is 1. The normalized spacial score (nSPS) is 13.0. The summed E-state index contributed by atoms with van der Waals surface area (Å²) in [6, 6.07) is 1.26. The maximum Gasteiger partial charge on any atom is 0.407 e. The van der Waals surface area contributed by atoms with Crippen molar-refractivity contribution in [3.05, 3.63) is 23.8 Å². The molecule has 0 aliphatic rings. The molecule has 0 aliphatic heterocycles. The highest BCUT2D eigenvalue weighted by atomic mass is 127. The van der Waals surface area contributed by atoms with Gasteiger partial charge in [-0.25, -0.2) is 19.6 Å². The molecule has 0 saturated carbocycles. The Bertz CT molecular complexity index is 842. The molecule has 148 valence electrons. The number of aromatic carboxylic acids is 1. The minimum atomic E-state index is -1.05. The molecule has 2 aromatic heterocycles. The molecule has 0 spiro atoms. The molecule has 0 aliphatic carbocycles. The molecule has 0 unspecified atom stereocenters. The van der Waals surface area contributed by atoms with E-state index in [0.717, 1.165) is 0 Å². The van der Waals surface area contributed by atoms with Gasteiger partial charge in [0.2, 0.25) is 0 Å². The number of carbonyl (C=O) groups excluding carboxylic acids is 1. The lowest BCUT2D eigenvalue weighted by Crippen LogP contribution is -2.37. The summed E-state index contributed by atoms with van der Waals surface area (Å²) in [5.74, 6) is -0.374. The minimum absolute atomic E-state index is 0.0478. The predicted octanol–water partition coefficient (Wildman–Crippen LogP) is 3.79. The summed E-state index contributed by atoms with van der Waals surface area (Å²) in [6.07, 6.45) is 1.10. The summed E-state index contributed by atoms with van der Waals surface area (Å²) >= 11 is 2.16. The van der Waals surface area contributed by atoms with E-state index in [0.29, 0.717) is 21.3 Å². The molecule has 2 rings (SSSR count). The Morgan fingerprint density at radius 2 is 2.04 bits per heavy atom. The third-order valence-electron chi connectivity index (χ3n) is 3.92. The summed E-state index contributed by atoms with van der Waals surface area (Å²) in [5, 5.41) is 13.1. The van der Waals surface area contributed by atoms with E-state index in [1.807, 2.05) is 13.8 Å². The Morgan fingerprint density at radius 1 is 1.37 bits per heavy atom. The second kappa shape index (κ2) is 8.41. The summed E-state index contributed by atoms with van der Waals surface area (Å²) in [5.41, 5.74) is 0.0694. The van der Waals surface area contributed by atoms with Crippen LogP contribution in [0.4, 0.5) is 4.79 Å². The van der Waals surface area contributed by atoms with Crippen LogP contribution in [0.3, 0.4) is 0 Å². The topological polar surface area (TPSA) is 106 Å². The van der Waals surface area contributed by atoms with Crippen molar-refractivity contribution in [2.75, 3.05) is 6.54 Å². The van der Waals surface area contributed by atoms with Crippen LogP contribution < -0.4 is 5.32 Å². The highest BCUT2D eigenvalue weighted by molar-refractivity contribution is 14.1. The average Bonchev–Trinajstić information content (AvgIpc) is 2.92. The van der Waals surface area contributed by atoms with Gasteiger partial charge in [-0.05, 0) is 32.8 Å². The van der Waals surface area contributed by atoms with E-state index in [2.05, 4.69) is 37.9 Å². The molecule has 0 radical (unpaired) electrons. The van der Waals surface area contributed by atoms with Crippen molar-refractivity contribution < 1.29 is 19.4 Å². The van der Waals surface area contributed by atoms with Crippen LogP contribution in [-0.4, -0.2) is 43.8 Å². The maximum absolute atomic E-state index is 12.1. The van der Waals surface area contributed by atoms with E-state index in [9.17, 15) is 14.7 Å². The minimum Gasteiger partial charge on any atom is -0.477 e. The van der Waals surface area contributed by atoms with Gasteiger partial charge in [-0.15, -0.1) is 0 Å². The standard InChI is InChI=1S/C18H25IN4O4/c1-10(2)13(9-21-17(26)27-18(3,4)5)23-12(16(24)25)6-11-8-20-14(7-19)22-15(11)23/h6,8,10,13H,7,9H2,1-5H3,(H,21,26)(H,24,25)/t13-/m1/s1. The van der Waals surface area contributed by atoms with Crippen LogP contribution in [-0.2, 0) is 9.16 Å². The summed E-state index contributed by atoms with van der Waals surface area (Å²) < 4.78 is 7.58. The molecule has 27 heavy (non-hydrogen) atoms. The van der Waals surface area contributed by atoms with Gasteiger partial charge in [0.15, 0.2) is 0 Å². The van der Waals surface area contributed by atoms with Crippen molar-refractivity contribution in [2.45, 2.75) is 50.7 Å². The molecular weight excluding hydrogens is 463 g/mol. The molecule has 8 nitrogen and oxygen atoms in total. The van der Waals surface area contributed by atoms with Crippen molar-refractivity contribution in [1.29, 1.82) is 0 Å². The summed E-state index contributed by atoms with van der Waals surface area (Å²) in [4.78, 5) is 32.6. The average molecular weight is 488 g/mol. The number of halogens is 1. The number of carboxylic acid groups (broad SMARTS) is 1. The molecule has 2 heterocycles. The molecule has 0 bridgehead atoms. The van der Waals surface area contributed by atoms with Crippen molar-refractivity contribution in [2.24, 2.45) is 5.92 Å². The molecule has 0 aromatic carbocycles. The summed E-state index contributed by atoms with van der Waals surface area (Å²) in [6.45, 7) is 9.53. The lowest BCUT2D eigenvalue weighted by Gasteiger charge is -2.26. The van der Waals surface area contributed by atoms with Gasteiger partial charge >= 0.3 is 12.1 Å². The van der Waals surface area contributed by atoms with Gasteiger partial charge in [0.1, 0.15) is 22.8 Å². The van der Waals surface area contributed by atoms with E-state index in [1.165, 1.54) is 0 Å². The monoisotopic (exact) mass is 488 g/mol. The van der Waals surface area contributed by atoms with Crippen LogP contribution in [0.15, 0.2) is 12.3 Å². The van der Waals surface area contributed by atoms with Crippen LogP contribution in [0.25, 0.3) is 11.0 Å². The first kappa shape index (κ1) is 21.4. The number of alkyl carbamates (subject to hydrolysis) is 1. The van der Waals surface area contributed by atoms with Gasteiger partial charge in [-0.2, -0.15) is 0 Å². The SMILES string of the molecule is CC(C)[C@@H](CNC(=O)OC(C)(C)C)n1c(C(=O)O)cc2cnc(CI)nc21. The highest BCUT2D eigenvalue weighted by Gasteiger charge is 2.26. The lowest BCUT2D eigenvalue weighted by molar-refractivity contribution is 0.0516. The van der Waals surface area contributed by atoms with Crippen LogP contribution in [0.5, 0.6) is 0 Å². The number of carboxylic acids is 1. The van der Waals surface area contributed by atoms with Crippen LogP contribution in [0.1, 0.15) is 57.0 Å². The van der Waals surface area contributed by atoms with Crippen molar-refractivity contribution in [3.8, 4) is 0 Å². The zero-order valence-electron chi connectivity index (χ0n) is 16.1. The highest BCUT2D eigenvalue weighted by Crippen LogP contribution is 2.27. The number of fused-ring (bicyclic) bond motifs is 1. The number of nitrogens with zero attached hydrogens (tertiary/aromatic N) is 3. The van der Waals surface area contributed by atoms with Crippen molar-refractivity contribution in [3.63, 3.8) is 0 Å². The van der Waals surface area contributed by atoms with Crippen molar-refractivity contribution >= 4 is 45.7 Å². The molecule has 1 amide bonds. The Hall–Kier alpha value is -1.91. The smallest absolute Gasteiger partial charge is 0.407 e. The second-order valence-electron chi connectivity index (χ2n) is 7.60. The number of hydrogen-bond donors (Lipinski definition) is 2. The number of amides is 1. The summed E-state index contributed by atoms with van der Waals surface area (Å²) in [7, 11) is 0. The first-order valence-electron chi connectivity index (χ1n) is 8.66. The van der Waals surface area contributed by atoms with Crippen molar-refractivity contribution in [1.82, 2.24) is 19.9 Å². The number of ether oxygens (including phenoxy) is 1. The Labute approximate surface area is 171 Å². The number of rotatable bonds is 6. The Kier molecular flexibility index (Phi) is 6.66. The van der Waals surface area contributed by atoms with Gasteiger partial charge in [-0.1, -0.05) is 36.4 Å². The van der Waals surface area contributed by atoms with E-state index in [1.54, 1.807) is 37.6 Å². The van der Waals surface area contributed by atoms with Crippen LogP contribution in [0, 0.1) is 5.92 Å². The third-order valence-corrected chi connectivity index (χ3v) is 4.60. The Balaban J connectivity index is 2.43. The first-order chi connectivity index (χ1) is 12.5. The molecule has 2 aromatic rings. The van der Waals surface area contributed by atoms with Gasteiger partial charge in [0.05, 0.1) is 10.5 Å². The third kappa shape index (κ3) is 5.30. The fourth-order valence-electron chi connectivity index (χ4n) is 2.74. The lowest BCUT2D eigenvalue weighted by atomic mass is 10.0. The number of carbonyl (C=O) groups is 2. The quantitative estimate of drug-likeness (QED) is 0.474. The van der Waals surface area contributed by atoms with Gasteiger partial charge in [0.25, 0.3) is 0 Å². The zero-order chi connectivity index (χ0) is 20.4. The van der Waals surface area contributed by atoms with Crippen LogP contribution in [0.2, 0.25) is 0 Å². The molecular formula is C18H25IN4O4. The predicted molar refractivity (Wildman–Crippen MR) is 110 cm³/mol. The van der Waals surface area contributed by atoms with E-state index in [-0.39, 0.29) is 24.2 Å². The van der Waals surface area contributed by atoms with E-state index >= 15 is 0 Å². The molecule has 9 heteroatoms.